The van der Waals surface area contributed by atoms with Crippen LogP contribution >= 0.6 is 0 Å². The first-order valence-electron chi connectivity index (χ1n) is 6.63. The fourth-order valence-corrected chi connectivity index (χ4v) is 2.50. The standard InChI is InChI=1S/C16H24N2O/c1-11(2)14(10-17)16(18(4)5)13-7-8-15(19-6)12(3)9-13/h7-9,11,14,16H,1-6H3. The van der Waals surface area contributed by atoms with Crippen LogP contribution in [0.3, 0.4) is 0 Å². The van der Waals surface area contributed by atoms with Gasteiger partial charge in [0.15, 0.2) is 0 Å². The van der Waals surface area contributed by atoms with E-state index in [1.54, 1.807) is 7.11 Å². The summed E-state index contributed by atoms with van der Waals surface area (Å²) in [7, 11) is 5.73. The van der Waals surface area contributed by atoms with Crippen molar-refractivity contribution in [2.45, 2.75) is 26.8 Å². The Kier molecular flexibility index (Phi) is 5.38. The molecule has 19 heavy (non-hydrogen) atoms. The van der Waals surface area contributed by atoms with Crippen LogP contribution in [0.15, 0.2) is 18.2 Å². The van der Waals surface area contributed by atoms with Crippen molar-refractivity contribution in [3.05, 3.63) is 29.3 Å². The highest BCUT2D eigenvalue weighted by atomic mass is 16.5. The van der Waals surface area contributed by atoms with Crippen LogP contribution < -0.4 is 4.74 Å². The molecule has 0 aliphatic carbocycles. The van der Waals surface area contributed by atoms with E-state index >= 15 is 0 Å². The number of methoxy groups -OCH3 is 1. The second-order valence-electron chi connectivity index (χ2n) is 5.54. The van der Waals surface area contributed by atoms with Gasteiger partial charge in [-0.25, -0.2) is 0 Å². The Bertz CT molecular complexity index is 460. The van der Waals surface area contributed by atoms with Gasteiger partial charge in [-0.05, 0) is 44.1 Å². The molecule has 3 nitrogen and oxygen atoms in total. The molecular formula is C16H24N2O. The maximum absolute atomic E-state index is 9.45. The highest BCUT2D eigenvalue weighted by molar-refractivity contribution is 5.38. The number of nitriles is 1. The van der Waals surface area contributed by atoms with Crippen LogP contribution in [0, 0.1) is 30.1 Å². The van der Waals surface area contributed by atoms with E-state index < -0.39 is 0 Å². The van der Waals surface area contributed by atoms with Gasteiger partial charge in [-0.15, -0.1) is 0 Å². The molecule has 0 bridgehead atoms. The van der Waals surface area contributed by atoms with Crippen molar-refractivity contribution in [3.8, 4) is 11.8 Å². The van der Waals surface area contributed by atoms with Gasteiger partial charge in [0.2, 0.25) is 0 Å². The summed E-state index contributed by atoms with van der Waals surface area (Å²) < 4.78 is 5.30. The lowest BCUT2D eigenvalue weighted by Gasteiger charge is -2.31. The summed E-state index contributed by atoms with van der Waals surface area (Å²) in [6.45, 7) is 6.23. The third kappa shape index (κ3) is 3.48. The highest BCUT2D eigenvalue weighted by Crippen LogP contribution is 2.33. The summed E-state index contributed by atoms with van der Waals surface area (Å²) in [5.41, 5.74) is 2.27. The lowest BCUT2D eigenvalue weighted by Crippen LogP contribution is -2.29. The Balaban J connectivity index is 3.20. The molecule has 0 saturated heterocycles. The molecule has 0 fully saturated rings. The molecule has 0 amide bonds. The molecule has 0 aliphatic rings. The number of rotatable bonds is 5. The van der Waals surface area contributed by atoms with E-state index in [0.717, 1.165) is 11.3 Å². The summed E-state index contributed by atoms with van der Waals surface area (Å²) in [6, 6.07) is 8.72. The average molecular weight is 260 g/mol. The van der Waals surface area contributed by atoms with Crippen LogP contribution in [-0.4, -0.2) is 26.1 Å². The summed E-state index contributed by atoms with van der Waals surface area (Å²) >= 11 is 0. The molecule has 1 rings (SSSR count). The molecule has 0 heterocycles. The van der Waals surface area contributed by atoms with Gasteiger partial charge in [-0.3, -0.25) is 0 Å². The SMILES string of the molecule is COc1ccc(C(C(C#N)C(C)C)N(C)C)cc1C. The molecule has 0 aliphatic heterocycles. The molecule has 0 spiro atoms. The maximum atomic E-state index is 9.45. The molecule has 0 N–H and O–H groups in total. The second kappa shape index (κ2) is 6.58. The van der Waals surface area contributed by atoms with Crippen molar-refractivity contribution in [3.63, 3.8) is 0 Å². The molecule has 3 heteroatoms. The first-order chi connectivity index (χ1) is 8.92. The van der Waals surface area contributed by atoms with E-state index in [4.69, 9.17) is 4.74 Å². The molecule has 2 unspecified atom stereocenters. The van der Waals surface area contributed by atoms with E-state index in [1.807, 2.05) is 27.1 Å². The maximum Gasteiger partial charge on any atom is 0.121 e. The number of hydrogen-bond acceptors (Lipinski definition) is 3. The lowest BCUT2D eigenvalue weighted by atomic mass is 9.84. The van der Waals surface area contributed by atoms with Gasteiger partial charge in [0, 0.05) is 0 Å². The van der Waals surface area contributed by atoms with E-state index in [0.29, 0.717) is 5.92 Å². The zero-order valence-corrected chi connectivity index (χ0v) is 12.8. The molecule has 1 aromatic rings. The fraction of sp³-hybridized carbons (Fsp3) is 0.562. The zero-order chi connectivity index (χ0) is 14.6. The third-order valence-corrected chi connectivity index (χ3v) is 3.52. The first-order valence-corrected chi connectivity index (χ1v) is 6.63. The van der Waals surface area contributed by atoms with Gasteiger partial charge in [0.05, 0.1) is 25.1 Å². The summed E-state index contributed by atoms with van der Waals surface area (Å²) in [4.78, 5) is 2.12. The van der Waals surface area contributed by atoms with Crippen molar-refractivity contribution in [2.24, 2.45) is 11.8 Å². The molecule has 0 radical (unpaired) electrons. The predicted molar refractivity (Wildman–Crippen MR) is 78.1 cm³/mol. The van der Waals surface area contributed by atoms with Crippen LogP contribution in [0.4, 0.5) is 0 Å². The van der Waals surface area contributed by atoms with Crippen molar-refractivity contribution in [1.29, 1.82) is 5.26 Å². The van der Waals surface area contributed by atoms with E-state index in [2.05, 4.69) is 36.9 Å². The normalized spacial score (nSPS) is 14.3. The Hall–Kier alpha value is -1.53. The summed E-state index contributed by atoms with van der Waals surface area (Å²) in [5.74, 6) is 1.18. The lowest BCUT2D eigenvalue weighted by molar-refractivity contribution is 0.210. The smallest absolute Gasteiger partial charge is 0.121 e. The van der Waals surface area contributed by atoms with Gasteiger partial charge < -0.3 is 9.64 Å². The van der Waals surface area contributed by atoms with Gasteiger partial charge in [-0.2, -0.15) is 5.26 Å². The first kappa shape index (κ1) is 15.5. The molecule has 104 valence electrons. The topological polar surface area (TPSA) is 36.3 Å². The minimum absolute atomic E-state index is 0.0252. The zero-order valence-electron chi connectivity index (χ0n) is 12.8. The molecular weight excluding hydrogens is 236 g/mol. The number of aryl methyl sites for hydroxylation is 1. The van der Waals surface area contributed by atoms with Crippen LogP contribution in [-0.2, 0) is 0 Å². The van der Waals surface area contributed by atoms with Gasteiger partial charge in [0.25, 0.3) is 0 Å². The minimum Gasteiger partial charge on any atom is -0.496 e. The van der Waals surface area contributed by atoms with Crippen molar-refractivity contribution >= 4 is 0 Å². The number of hydrogen-bond donors (Lipinski definition) is 0. The molecule has 2 atom stereocenters. The largest absolute Gasteiger partial charge is 0.496 e. The number of nitrogens with zero attached hydrogens (tertiary/aromatic N) is 2. The monoisotopic (exact) mass is 260 g/mol. The van der Waals surface area contributed by atoms with E-state index in [1.165, 1.54) is 5.56 Å². The summed E-state index contributed by atoms with van der Waals surface area (Å²) in [6.07, 6.45) is 0. The number of ether oxygens (including phenoxy) is 1. The predicted octanol–water partition coefficient (Wildman–Crippen LogP) is 3.40. The quantitative estimate of drug-likeness (QED) is 0.814. The van der Waals surface area contributed by atoms with E-state index in [-0.39, 0.29) is 12.0 Å². The molecule has 0 saturated carbocycles. The van der Waals surface area contributed by atoms with Gasteiger partial charge >= 0.3 is 0 Å². The Morgan fingerprint density at radius 2 is 1.89 bits per heavy atom. The molecule has 0 aromatic heterocycles. The highest BCUT2D eigenvalue weighted by Gasteiger charge is 2.28. The Morgan fingerprint density at radius 1 is 1.26 bits per heavy atom. The van der Waals surface area contributed by atoms with Crippen LogP contribution in [0.5, 0.6) is 5.75 Å². The van der Waals surface area contributed by atoms with E-state index in [9.17, 15) is 5.26 Å². The van der Waals surface area contributed by atoms with Crippen LogP contribution in [0.2, 0.25) is 0 Å². The van der Waals surface area contributed by atoms with Crippen LogP contribution in [0.1, 0.15) is 31.0 Å². The van der Waals surface area contributed by atoms with Gasteiger partial charge in [-0.1, -0.05) is 26.0 Å². The third-order valence-electron chi connectivity index (χ3n) is 3.52. The van der Waals surface area contributed by atoms with Crippen molar-refractivity contribution in [2.75, 3.05) is 21.2 Å². The Labute approximate surface area is 116 Å². The number of benzene rings is 1. The minimum atomic E-state index is -0.0252. The average Bonchev–Trinajstić information content (AvgIpc) is 2.34. The van der Waals surface area contributed by atoms with Crippen molar-refractivity contribution < 1.29 is 4.74 Å². The van der Waals surface area contributed by atoms with Crippen LogP contribution in [0.25, 0.3) is 0 Å². The summed E-state index contributed by atoms with van der Waals surface area (Å²) in [5, 5.41) is 9.45. The fourth-order valence-electron chi connectivity index (χ4n) is 2.50. The van der Waals surface area contributed by atoms with Gasteiger partial charge in [0.1, 0.15) is 5.75 Å². The second-order valence-corrected chi connectivity index (χ2v) is 5.54. The van der Waals surface area contributed by atoms with Crippen molar-refractivity contribution in [1.82, 2.24) is 4.90 Å². The molecule has 1 aromatic carbocycles. The Morgan fingerprint density at radius 3 is 2.26 bits per heavy atom.